The van der Waals surface area contributed by atoms with Crippen molar-refractivity contribution in [3.8, 4) is 0 Å². The van der Waals surface area contributed by atoms with Crippen LogP contribution >= 0.6 is 0 Å². The summed E-state index contributed by atoms with van der Waals surface area (Å²) in [7, 11) is 0. The maximum absolute atomic E-state index is 12.7. The molecule has 306 valence electrons. The van der Waals surface area contributed by atoms with Gasteiger partial charge in [-0.15, -0.1) is 0 Å². The van der Waals surface area contributed by atoms with E-state index in [0.717, 1.165) is 38.5 Å². The van der Waals surface area contributed by atoms with Gasteiger partial charge in [0.2, 0.25) is 0 Å². The molecule has 1 fully saturated rings. The quantitative estimate of drug-likeness (QED) is 0.0283. The van der Waals surface area contributed by atoms with Gasteiger partial charge in [-0.3, -0.25) is 9.59 Å². The molecule has 0 saturated carbocycles. The number of aliphatic hydroxyl groups is 4. The van der Waals surface area contributed by atoms with Gasteiger partial charge in [0.15, 0.2) is 12.4 Å². The molecule has 0 aromatic carbocycles. The SMILES string of the molecule is CCCCCCCCCCC/C=C/CCCCC(=O)OC[C@@H](CO[C@H]1O[C@@H](CO)[C@@H](O)C(O)C1O)OC(=O)CCCCCCCCCCCCCC. The van der Waals surface area contributed by atoms with E-state index in [1.54, 1.807) is 0 Å². The monoisotopic (exact) mass is 743 g/mol. The number of esters is 2. The fourth-order valence-corrected chi connectivity index (χ4v) is 6.48. The highest BCUT2D eigenvalue weighted by atomic mass is 16.7. The zero-order chi connectivity index (χ0) is 38.1. The predicted molar refractivity (Wildman–Crippen MR) is 206 cm³/mol. The number of carbonyl (C=O) groups excluding carboxylic acids is 2. The molecule has 0 bridgehead atoms. The maximum atomic E-state index is 12.7. The highest BCUT2D eigenvalue weighted by Gasteiger charge is 2.44. The van der Waals surface area contributed by atoms with Crippen molar-refractivity contribution in [2.24, 2.45) is 0 Å². The van der Waals surface area contributed by atoms with Gasteiger partial charge in [-0.1, -0.05) is 148 Å². The summed E-state index contributed by atoms with van der Waals surface area (Å²) < 4.78 is 22.1. The Balaban J connectivity index is 2.36. The number of allylic oxidation sites excluding steroid dienone is 2. The Morgan fingerprint density at radius 3 is 1.54 bits per heavy atom. The summed E-state index contributed by atoms with van der Waals surface area (Å²) in [6, 6.07) is 0. The highest BCUT2D eigenvalue weighted by molar-refractivity contribution is 5.70. The van der Waals surface area contributed by atoms with Gasteiger partial charge in [-0.2, -0.15) is 0 Å². The first-order chi connectivity index (χ1) is 25.3. The van der Waals surface area contributed by atoms with E-state index < -0.39 is 55.4 Å². The van der Waals surface area contributed by atoms with Crippen molar-refractivity contribution in [1.82, 2.24) is 0 Å². The summed E-state index contributed by atoms with van der Waals surface area (Å²) in [6.07, 6.45) is 26.5. The van der Waals surface area contributed by atoms with Crippen molar-refractivity contribution < 1.29 is 49.0 Å². The smallest absolute Gasteiger partial charge is 0.306 e. The average molecular weight is 743 g/mol. The van der Waals surface area contributed by atoms with Gasteiger partial charge in [0.25, 0.3) is 0 Å². The van der Waals surface area contributed by atoms with Crippen molar-refractivity contribution in [2.75, 3.05) is 19.8 Å². The Labute approximate surface area is 316 Å². The van der Waals surface area contributed by atoms with Crippen LogP contribution in [0, 0.1) is 0 Å². The summed E-state index contributed by atoms with van der Waals surface area (Å²) in [5.41, 5.74) is 0. The minimum Gasteiger partial charge on any atom is -0.462 e. The van der Waals surface area contributed by atoms with Crippen molar-refractivity contribution in [1.29, 1.82) is 0 Å². The van der Waals surface area contributed by atoms with Crippen molar-refractivity contribution in [3.63, 3.8) is 0 Å². The van der Waals surface area contributed by atoms with Gasteiger partial charge in [0, 0.05) is 12.8 Å². The Hall–Kier alpha value is -1.56. The third-order valence-corrected chi connectivity index (χ3v) is 9.90. The largest absolute Gasteiger partial charge is 0.462 e. The van der Waals surface area contributed by atoms with Crippen LogP contribution in [0.5, 0.6) is 0 Å². The molecule has 4 N–H and O–H groups in total. The third-order valence-electron chi connectivity index (χ3n) is 9.90. The number of carbonyl (C=O) groups is 2. The molecule has 0 aromatic heterocycles. The molecule has 1 aliphatic rings. The molecule has 1 saturated heterocycles. The zero-order valence-electron chi connectivity index (χ0n) is 33.1. The maximum Gasteiger partial charge on any atom is 0.306 e. The lowest BCUT2D eigenvalue weighted by molar-refractivity contribution is -0.305. The van der Waals surface area contributed by atoms with E-state index in [4.69, 9.17) is 18.9 Å². The minimum absolute atomic E-state index is 0.223. The first-order valence-electron chi connectivity index (χ1n) is 21.3. The number of hydrogen-bond donors (Lipinski definition) is 4. The second-order valence-corrected chi connectivity index (χ2v) is 14.8. The standard InChI is InChI=1S/C42H78O10/c1-3-5-7-9-11-13-15-17-18-19-21-22-24-26-28-30-37(44)49-33-35(34-50-42-41(48)40(47)39(46)36(32-43)52-42)51-38(45)31-29-27-25-23-20-16-14-12-10-8-6-4-2/h21-22,35-36,39-43,46-48H,3-20,23-34H2,1-2H3/b22-21+/t35-,36-,39+,40?,41?,42-/m0/s1. The Morgan fingerprint density at radius 1 is 0.577 bits per heavy atom. The Morgan fingerprint density at radius 2 is 1.02 bits per heavy atom. The molecule has 0 aliphatic carbocycles. The van der Waals surface area contributed by atoms with Crippen LogP contribution in [0.3, 0.4) is 0 Å². The van der Waals surface area contributed by atoms with Gasteiger partial charge >= 0.3 is 11.9 Å². The summed E-state index contributed by atoms with van der Waals surface area (Å²) in [4.78, 5) is 25.2. The normalized spacial score (nSPS) is 21.1. The first-order valence-corrected chi connectivity index (χ1v) is 21.3. The molecule has 6 atom stereocenters. The molecule has 2 unspecified atom stereocenters. The van der Waals surface area contributed by atoms with Gasteiger partial charge < -0.3 is 39.4 Å². The number of unbranched alkanes of at least 4 members (excludes halogenated alkanes) is 22. The second kappa shape index (κ2) is 34.0. The molecule has 0 aromatic rings. The highest BCUT2D eigenvalue weighted by Crippen LogP contribution is 2.22. The van der Waals surface area contributed by atoms with E-state index in [2.05, 4.69) is 26.0 Å². The fourth-order valence-electron chi connectivity index (χ4n) is 6.48. The van der Waals surface area contributed by atoms with E-state index in [-0.39, 0.29) is 26.1 Å². The van der Waals surface area contributed by atoms with Gasteiger partial charge in [-0.25, -0.2) is 0 Å². The van der Waals surface area contributed by atoms with Crippen LogP contribution in [-0.2, 0) is 28.5 Å². The van der Waals surface area contributed by atoms with Crippen molar-refractivity contribution >= 4 is 11.9 Å². The lowest BCUT2D eigenvalue weighted by atomic mass is 9.99. The molecule has 1 heterocycles. The molecule has 52 heavy (non-hydrogen) atoms. The molecule has 0 radical (unpaired) electrons. The Kier molecular flexibility index (Phi) is 31.7. The molecule has 1 aliphatic heterocycles. The number of hydrogen-bond acceptors (Lipinski definition) is 10. The zero-order valence-corrected chi connectivity index (χ0v) is 33.1. The van der Waals surface area contributed by atoms with Crippen LogP contribution in [0.15, 0.2) is 12.2 Å². The molecule has 10 heteroatoms. The van der Waals surface area contributed by atoms with Gasteiger partial charge in [-0.05, 0) is 38.5 Å². The van der Waals surface area contributed by atoms with Crippen LogP contribution in [-0.4, -0.2) is 89.0 Å². The second-order valence-electron chi connectivity index (χ2n) is 14.8. The fraction of sp³-hybridized carbons (Fsp3) is 0.905. The van der Waals surface area contributed by atoms with E-state index in [9.17, 15) is 30.0 Å². The summed E-state index contributed by atoms with van der Waals surface area (Å²) in [5, 5.41) is 40.0. The summed E-state index contributed by atoms with van der Waals surface area (Å²) in [5.74, 6) is -0.826. The number of rotatable bonds is 35. The number of ether oxygens (including phenoxy) is 4. The summed E-state index contributed by atoms with van der Waals surface area (Å²) >= 11 is 0. The molecule has 0 amide bonds. The van der Waals surface area contributed by atoms with Gasteiger partial charge in [0.1, 0.15) is 31.0 Å². The van der Waals surface area contributed by atoms with Crippen LogP contribution in [0.2, 0.25) is 0 Å². The van der Waals surface area contributed by atoms with Crippen molar-refractivity contribution in [2.45, 2.75) is 224 Å². The Bertz CT molecular complexity index is 866. The van der Waals surface area contributed by atoms with Crippen molar-refractivity contribution in [3.05, 3.63) is 12.2 Å². The van der Waals surface area contributed by atoms with E-state index in [1.165, 1.54) is 109 Å². The first kappa shape index (κ1) is 48.5. The molecular formula is C42H78O10. The molecule has 1 rings (SSSR count). The molecule has 10 nitrogen and oxygen atoms in total. The molecule has 0 spiro atoms. The van der Waals surface area contributed by atoms with E-state index in [0.29, 0.717) is 12.8 Å². The predicted octanol–water partition coefficient (Wildman–Crippen LogP) is 8.39. The topological polar surface area (TPSA) is 152 Å². The third kappa shape index (κ3) is 25.5. The van der Waals surface area contributed by atoms with Crippen LogP contribution in [0.1, 0.15) is 187 Å². The average Bonchev–Trinajstić information content (AvgIpc) is 3.14. The lowest BCUT2D eigenvalue weighted by Gasteiger charge is -2.39. The number of aliphatic hydroxyl groups excluding tert-OH is 4. The summed E-state index contributed by atoms with van der Waals surface area (Å²) in [6.45, 7) is 3.40. The van der Waals surface area contributed by atoms with Crippen LogP contribution in [0.4, 0.5) is 0 Å². The lowest BCUT2D eigenvalue weighted by Crippen LogP contribution is -2.59. The van der Waals surface area contributed by atoms with E-state index in [1.807, 2.05) is 0 Å². The minimum atomic E-state index is -1.59. The van der Waals surface area contributed by atoms with Crippen LogP contribution in [0.25, 0.3) is 0 Å². The van der Waals surface area contributed by atoms with Crippen LogP contribution < -0.4 is 0 Å². The molecular weight excluding hydrogens is 664 g/mol. The van der Waals surface area contributed by atoms with E-state index >= 15 is 0 Å². The van der Waals surface area contributed by atoms with Gasteiger partial charge in [0.05, 0.1) is 13.2 Å².